The van der Waals surface area contributed by atoms with Crippen molar-refractivity contribution in [1.82, 2.24) is 15.0 Å². The largest absolute Gasteiger partial charge is 0.469 e. The molecular formula is C26H29F3N4O6S2. The second-order valence-corrected chi connectivity index (χ2v) is 13.3. The summed E-state index contributed by atoms with van der Waals surface area (Å²) >= 11 is 1.22. The quantitative estimate of drug-likeness (QED) is 0.262. The van der Waals surface area contributed by atoms with Gasteiger partial charge in [-0.05, 0) is 60.1 Å². The van der Waals surface area contributed by atoms with E-state index in [2.05, 4.69) is 20.3 Å². The zero-order valence-corrected chi connectivity index (χ0v) is 24.3. The van der Waals surface area contributed by atoms with E-state index in [-0.39, 0.29) is 36.6 Å². The summed E-state index contributed by atoms with van der Waals surface area (Å²) in [6, 6.07) is 5.52. The maximum absolute atomic E-state index is 13.1. The van der Waals surface area contributed by atoms with Gasteiger partial charge < -0.3 is 15.2 Å². The first-order valence-corrected chi connectivity index (χ1v) is 15.0. The molecule has 2 aromatic heterocycles. The van der Waals surface area contributed by atoms with Gasteiger partial charge in [-0.2, -0.15) is 21.6 Å². The van der Waals surface area contributed by atoms with Gasteiger partial charge in [0, 0.05) is 18.1 Å². The van der Waals surface area contributed by atoms with Gasteiger partial charge in [0.2, 0.25) is 5.95 Å². The molecule has 1 saturated carbocycles. The molecule has 0 unspecified atom stereocenters. The number of carbonyl (C=O) groups is 1. The van der Waals surface area contributed by atoms with Crippen LogP contribution < -0.4 is 5.32 Å². The van der Waals surface area contributed by atoms with E-state index in [4.69, 9.17) is 8.92 Å². The molecule has 1 aliphatic carbocycles. The smallest absolute Gasteiger partial charge is 0.433 e. The van der Waals surface area contributed by atoms with E-state index in [1.165, 1.54) is 24.5 Å². The van der Waals surface area contributed by atoms with Gasteiger partial charge in [0.1, 0.15) is 16.3 Å². The Morgan fingerprint density at radius 3 is 2.61 bits per heavy atom. The number of hydrogen-bond acceptors (Lipinski definition) is 11. The summed E-state index contributed by atoms with van der Waals surface area (Å²) < 4.78 is 72.5. The van der Waals surface area contributed by atoms with Gasteiger partial charge in [-0.25, -0.2) is 15.0 Å². The Morgan fingerprint density at radius 2 is 1.98 bits per heavy atom. The van der Waals surface area contributed by atoms with Crippen molar-refractivity contribution in [3.05, 3.63) is 52.9 Å². The Labute approximate surface area is 239 Å². The first-order valence-electron chi connectivity index (χ1n) is 12.4. The molecule has 2 N–H and O–H groups in total. The van der Waals surface area contributed by atoms with Gasteiger partial charge in [0.25, 0.3) is 10.1 Å². The number of thiazole rings is 1. The fourth-order valence-electron chi connectivity index (χ4n) is 4.99. The first-order chi connectivity index (χ1) is 19.0. The van der Waals surface area contributed by atoms with Crippen LogP contribution in [-0.2, 0) is 42.2 Å². The number of methoxy groups -OCH3 is 1. The third kappa shape index (κ3) is 7.39. The minimum Gasteiger partial charge on any atom is -0.469 e. The van der Waals surface area contributed by atoms with E-state index in [0.717, 1.165) is 18.5 Å². The van der Waals surface area contributed by atoms with Crippen LogP contribution in [0.15, 0.2) is 36.7 Å². The summed E-state index contributed by atoms with van der Waals surface area (Å²) in [5.74, 6) is -1.00. The van der Waals surface area contributed by atoms with Crippen molar-refractivity contribution in [2.75, 3.05) is 18.7 Å². The molecule has 0 aliphatic heterocycles. The summed E-state index contributed by atoms with van der Waals surface area (Å²) in [5.41, 5.74) is -1.75. The second kappa shape index (κ2) is 11.3. The van der Waals surface area contributed by atoms with Gasteiger partial charge in [-0.3, -0.25) is 8.98 Å². The Bertz CT molecular complexity index is 1540. The molecule has 0 saturated heterocycles. The topological polar surface area (TPSA) is 141 Å². The van der Waals surface area contributed by atoms with E-state index >= 15 is 0 Å². The number of halogens is 3. The minimum atomic E-state index is -4.67. The lowest BCUT2D eigenvalue weighted by atomic mass is 9.63. The van der Waals surface area contributed by atoms with Crippen molar-refractivity contribution in [3.63, 3.8) is 0 Å². The zero-order chi connectivity index (χ0) is 30.2. The Morgan fingerprint density at radius 1 is 1.24 bits per heavy atom. The highest BCUT2D eigenvalue weighted by Gasteiger charge is 2.49. The first kappa shape index (κ1) is 30.8. The predicted molar refractivity (Wildman–Crippen MR) is 145 cm³/mol. The van der Waals surface area contributed by atoms with Gasteiger partial charge in [0.15, 0.2) is 0 Å². The number of ether oxygens (including phenoxy) is 1. The summed E-state index contributed by atoms with van der Waals surface area (Å²) in [6.07, 6.45) is -0.256. The van der Waals surface area contributed by atoms with E-state index < -0.39 is 33.0 Å². The van der Waals surface area contributed by atoms with Crippen LogP contribution in [0.25, 0.3) is 10.4 Å². The highest BCUT2D eigenvalue weighted by Crippen LogP contribution is 2.51. The highest BCUT2D eigenvalue weighted by molar-refractivity contribution is 7.85. The Balaban J connectivity index is 1.66. The van der Waals surface area contributed by atoms with Crippen LogP contribution in [0.4, 0.5) is 24.8 Å². The summed E-state index contributed by atoms with van der Waals surface area (Å²) in [6.45, 7) is 3.46. The predicted octanol–water partition coefficient (Wildman–Crippen LogP) is 5.03. The molecule has 10 nitrogen and oxygen atoms in total. The molecule has 1 aliphatic rings. The summed E-state index contributed by atoms with van der Waals surface area (Å²) in [5, 5.41) is 14.7. The molecule has 0 amide bonds. The van der Waals surface area contributed by atoms with Crippen molar-refractivity contribution in [3.8, 4) is 10.4 Å². The van der Waals surface area contributed by atoms with Crippen LogP contribution >= 0.6 is 11.3 Å². The number of nitrogens with one attached hydrogen (secondary N) is 1. The monoisotopic (exact) mass is 614 g/mol. The average molecular weight is 615 g/mol. The maximum Gasteiger partial charge on any atom is 0.433 e. The molecule has 2 atom stereocenters. The zero-order valence-electron chi connectivity index (χ0n) is 22.7. The van der Waals surface area contributed by atoms with Crippen LogP contribution in [0, 0.1) is 11.3 Å². The number of esters is 1. The average Bonchev–Trinajstić information content (AvgIpc) is 3.37. The molecule has 15 heteroatoms. The second-order valence-electron chi connectivity index (χ2n) is 10.6. The number of rotatable bonds is 8. The minimum absolute atomic E-state index is 0.272. The Hall–Kier alpha value is -3.14. The third-order valence-corrected chi connectivity index (χ3v) is 8.63. The van der Waals surface area contributed by atoms with Gasteiger partial charge in [-0.15, -0.1) is 11.3 Å². The van der Waals surface area contributed by atoms with E-state index in [1.54, 1.807) is 18.3 Å². The molecular weight excluding hydrogens is 585 g/mol. The summed E-state index contributed by atoms with van der Waals surface area (Å²) in [4.78, 5) is 24.7. The van der Waals surface area contributed by atoms with Gasteiger partial charge in [-0.1, -0.05) is 13.8 Å². The molecule has 0 radical (unpaired) electrons. The van der Waals surface area contributed by atoms with Crippen LogP contribution in [-0.4, -0.2) is 47.8 Å². The summed E-state index contributed by atoms with van der Waals surface area (Å²) in [7, 11) is -2.44. The SMILES string of the molecule is COC(=O)[C@H]1CC[C@](O)(c2ncc(-c3cc(COS(C)(=O)=O)cc(Nc4nccc(C(F)(F)F)n4)c3)s2)CC1(C)C. The van der Waals surface area contributed by atoms with Crippen LogP contribution in [0.2, 0.25) is 0 Å². The van der Waals surface area contributed by atoms with Crippen molar-refractivity contribution in [2.24, 2.45) is 11.3 Å². The number of aliphatic hydroxyl groups is 1. The maximum atomic E-state index is 13.1. The Kier molecular flexibility index (Phi) is 8.47. The van der Waals surface area contributed by atoms with Crippen molar-refractivity contribution >= 4 is 39.1 Å². The van der Waals surface area contributed by atoms with E-state index in [0.29, 0.717) is 33.9 Å². The lowest BCUT2D eigenvalue weighted by molar-refractivity contribution is -0.157. The fourth-order valence-corrected chi connectivity index (χ4v) is 6.36. The fraction of sp³-hybridized carbons (Fsp3) is 0.462. The lowest BCUT2D eigenvalue weighted by Crippen LogP contribution is -2.45. The number of hydrogen-bond donors (Lipinski definition) is 2. The van der Waals surface area contributed by atoms with Gasteiger partial charge in [0.05, 0.1) is 30.8 Å². The van der Waals surface area contributed by atoms with Crippen LogP contribution in [0.5, 0.6) is 0 Å². The van der Waals surface area contributed by atoms with Crippen molar-refractivity contribution < 1.29 is 40.4 Å². The van der Waals surface area contributed by atoms with Gasteiger partial charge >= 0.3 is 12.1 Å². The number of aromatic nitrogens is 3. The van der Waals surface area contributed by atoms with Crippen molar-refractivity contribution in [1.29, 1.82) is 0 Å². The standard InChI is InChI=1S/C26H29F3N4O6S2/c1-24(2)14-25(35,7-5-18(24)21(34)38-3)22-31-12-19(40-22)16-9-15(13-39-41(4,36)37)10-17(11-16)32-23-30-8-6-20(33-23)26(27,28)29/h6,8-12,18,35H,5,7,13-14H2,1-4H3,(H,30,32,33)/t18-,25-/m1/s1. The molecule has 222 valence electrons. The molecule has 4 rings (SSSR count). The normalized spacial score (nSPS) is 20.9. The van der Waals surface area contributed by atoms with E-state index in [9.17, 15) is 31.5 Å². The lowest BCUT2D eigenvalue weighted by Gasteiger charge is -2.44. The van der Waals surface area contributed by atoms with Crippen LogP contribution in [0.1, 0.15) is 49.4 Å². The van der Waals surface area contributed by atoms with Crippen molar-refractivity contribution in [2.45, 2.75) is 51.5 Å². The molecule has 1 fully saturated rings. The molecule has 41 heavy (non-hydrogen) atoms. The molecule has 0 spiro atoms. The van der Waals surface area contributed by atoms with Crippen LogP contribution in [0.3, 0.4) is 0 Å². The number of anilines is 2. The molecule has 3 aromatic rings. The molecule has 2 heterocycles. The molecule has 0 bridgehead atoms. The highest BCUT2D eigenvalue weighted by atomic mass is 32.2. The third-order valence-electron chi connectivity index (χ3n) is 6.85. The number of carbonyl (C=O) groups excluding carboxylic acids is 1. The van der Waals surface area contributed by atoms with E-state index in [1.807, 2.05) is 13.8 Å². The number of alkyl halides is 3. The number of nitrogens with zero attached hydrogens (tertiary/aromatic N) is 3. The molecule has 1 aromatic carbocycles. The number of benzene rings is 1.